The number of ketones is 1. The molecule has 1 aliphatic heterocycles. The first kappa shape index (κ1) is 28.3. The number of sulfonamides is 1. The number of rotatable bonds is 7. The molecule has 4 fully saturated rings. The molecule has 9 heteroatoms. The highest BCUT2D eigenvalue weighted by Gasteiger charge is 2.65. The van der Waals surface area contributed by atoms with Gasteiger partial charge in [-0.2, -0.15) is 0 Å². The van der Waals surface area contributed by atoms with Crippen LogP contribution < -0.4 is 10.6 Å². The summed E-state index contributed by atoms with van der Waals surface area (Å²) >= 11 is 0. The summed E-state index contributed by atoms with van der Waals surface area (Å²) in [5, 5.41) is 6.34. The van der Waals surface area contributed by atoms with Crippen molar-refractivity contribution >= 4 is 27.6 Å². The Balaban J connectivity index is 1.16. The molecule has 5 rings (SSSR count). The molecule has 0 aromatic heterocycles. The standard InChI is InChI=1S/C30H43N3O5S/c1-20-8-4-5-9-23(20)28(36)32-25-11-7-6-10-24(25)31-27(35)21-13-16-33(17-14-21)39(37,38)19-30-15-12-22(18-26(30)34)29(30,2)3/h4-5,8-9,21-22,24-25H,6-7,10-19H2,1-3H3,(H,31,35)(H,32,36)/t22?,24?,25-,30-/m1/s1. The van der Waals surface area contributed by atoms with Crippen LogP contribution in [0.25, 0.3) is 0 Å². The zero-order valence-electron chi connectivity index (χ0n) is 23.5. The molecule has 1 aromatic rings. The minimum absolute atomic E-state index is 0.0570. The number of hydrogen-bond donors (Lipinski definition) is 2. The van der Waals surface area contributed by atoms with Crippen molar-refractivity contribution in [3.8, 4) is 0 Å². The number of carbonyl (C=O) groups excluding carboxylic acids is 3. The number of aryl methyl sites for hydroxylation is 1. The average molecular weight is 558 g/mol. The zero-order valence-corrected chi connectivity index (χ0v) is 24.3. The Morgan fingerprint density at radius 1 is 0.974 bits per heavy atom. The molecular weight excluding hydrogens is 514 g/mol. The number of benzene rings is 1. The molecule has 1 saturated heterocycles. The van der Waals surface area contributed by atoms with Gasteiger partial charge in [0.15, 0.2) is 0 Å². The van der Waals surface area contributed by atoms with Crippen LogP contribution in [0.3, 0.4) is 0 Å². The van der Waals surface area contributed by atoms with E-state index in [1.807, 2.05) is 31.2 Å². The molecule has 8 nitrogen and oxygen atoms in total. The minimum Gasteiger partial charge on any atom is -0.351 e. The van der Waals surface area contributed by atoms with Gasteiger partial charge >= 0.3 is 0 Å². The van der Waals surface area contributed by atoms with E-state index in [1.165, 1.54) is 4.31 Å². The van der Waals surface area contributed by atoms with Crippen LogP contribution in [0.1, 0.15) is 87.6 Å². The van der Waals surface area contributed by atoms with Gasteiger partial charge in [-0.3, -0.25) is 14.4 Å². The van der Waals surface area contributed by atoms with E-state index in [2.05, 4.69) is 24.5 Å². The first-order valence-corrected chi connectivity index (χ1v) is 16.2. The number of nitrogens with one attached hydrogen (secondary N) is 2. The van der Waals surface area contributed by atoms with Gasteiger partial charge in [0.1, 0.15) is 5.78 Å². The van der Waals surface area contributed by atoms with Crippen molar-refractivity contribution in [1.29, 1.82) is 0 Å². The predicted octanol–water partition coefficient (Wildman–Crippen LogP) is 3.59. The predicted molar refractivity (Wildman–Crippen MR) is 149 cm³/mol. The summed E-state index contributed by atoms with van der Waals surface area (Å²) in [6, 6.07) is 7.23. The van der Waals surface area contributed by atoms with Crippen LogP contribution in [0, 0.1) is 29.6 Å². The maximum Gasteiger partial charge on any atom is 0.251 e. The van der Waals surface area contributed by atoms with Crippen LogP contribution in [0.4, 0.5) is 0 Å². The maximum atomic E-state index is 13.5. The van der Waals surface area contributed by atoms with Gasteiger partial charge in [-0.15, -0.1) is 0 Å². The van der Waals surface area contributed by atoms with Crippen molar-refractivity contribution < 1.29 is 22.8 Å². The SMILES string of the molecule is Cc1ccccc1C(=O)N[C@@H]1CCCCC1NC(=O)C1CCN(S(=O)(=O)C[C@]23CCC(CC2=O)C3(C)C)CC1. The molecule has 4 atom stereocenters. The second-order valence-corrected chi connectivity index (χ2v) is 14.9. The second kappa shape index (κ2) is 10.6. The van der Waals surface area contributed by atoms with Gasteiger partial charge in [0.05, 0.1) is 5.75 Å². The highest BCUT2D eigenvalue weighted by molar-refractivity contribution is 7.89. The van der Waals surface area contributed by atoms with Crippen molar-refractivity contribution in [3.63, 3.8) is 0 Å². The van der Waals surface area contributed by atoms with Gasteiger partial charge in [-0.05, 0) is 68.4 Å². The fourth-order valence-electron chi connectivity index (χ4n) is 7.76. The van der Waals surface area contributed by atoms with Gasteiger partial charge in [-0.25, -0.2) is 12.7 Å². The number of hydrogen-bond acceptors (Lipinski definition) is 5. The molecule has 2 bridgehead atoms. The van der Waals surface area contributed by atoms with Crippen LogP contribution in [0.15, 0.2) is 24.3 Å². The Hall–Kier alpha value is -2.26. The second-order valence-electron chi connectivity index (χ2n) is 12.9. The molecule has 0 radical (unpaired) electrons. The molecule has 39 heavy (non-hydrogen) atoms. The smallest absolute Gasteiger partial charge is 0.251 e. The minimum atomic E-state index is -3.61. The summed E-state index contributed by atoms with van der Waals surface area (Å²) in [7, 11) is -3.61. The van der Waals surface area contributed by atoms with E-state index in [1.54, 1.807) is 0 Å². The summed E-state index contributed by atoms with van der Waals surface area (Å²) in [6.07, 6.45) is 6.63. The summed E-state index contributed by atoms with van der Waals surface area (Å²) in [4.78, 5) is 39.1. The van der Waals surface area contributed by atoms with Gasteiger partial charge < -0.3 is 10.6 Å². The number of nitrogens with zero attached hydrogens (tertiary/aromatic N) is 1. The highest BCUT2D eigenvalue weighted by atomic mass is 32.2. The van der Waals surface area contributed by atoms with E-state index < -0.39 is 15.4 Å². The van der Waals surface area contributed by atoms with Crippen molar-refractivity contribution in [2.45, 2.75) is 90.6 Å². The Kier molecular flexibility index (Phi) is 7.70. The largest absolute Gasteiger partial charge is 0.351 e. The summed E-state index contributed by atoms with van der Waals surface area (Å²) in [5.41, 5.74) is 0.502. The lowest BCUT2D eigenvalue weighted by Crippen LogP contribution is -2.55. The topological polar surface area (TPSA) is 113 Å². The average Bonchev–Trinajstić information content (AvgIpc) is 3.24. The molecule has 214 valence electrons. The van der Waals surface area contributed by atoms with Crippen LogP contribution in [-0.2, 0) is 19.6 Å². The van der Waals surface area contributed by atoms with Crippen LogP contribution >= 0.6 is 0 Å². The van der Waals surface area contributed by atoms with Crippen molar-refractivity contribution in [3.05, 3.63) is 35.4 Å². The third-order valence-electron chi connectivity index (χ3n) is 10.6. The van der Waals surface area contributed by atoms with Gasteiger partial charge in [0.2, 0.25) is 15.9 Å². The molecule has 4 aliphatic rings. The molecule has 0 spiro atoms. The summed E-state index contributed by atoms with van der Waals surface area (Å²) in [5.74, 6) is -0.153. The quantitative estimate of drug-likeness (QED) is 0.532. The van der Waals surface area contributed by atoms with Crippen molar-refractivity contribution in [1.82, 2.24) is 14.9 Å². The lowest BCUT2D eigenvalue weighted by molar-refractivity contribution is -0.128. The molecule has 2 unspecified atom stereocenters. The summed E-state index contributed by atoms with van der Waals surface area (Å²) in [6.45, 7) is 6.63. The van der Waals surface area contributed by atoms with Gasteiger partial charge in [-0.1, -0.05) is 44.9 Å². The third-order valence-corrected chi connectivity index (χ3v) is 12.6. The first-order chi connectivity index (χ1) is 18.4. The van der Waals surface area contributed by atoms with E-state index in [4.69, 9.17) is 0 Å². The number of amides is 2. The van der Waals surface area contributed by atoms with E-state index in [0.717, 1.165) is 37.7 Å². The Morgan fingerprint density at radius 2 is 1.62 bits per heavy atom. The summed E-state index contributed by atoms with van der Waals surface area (Å²) < 4.78 is 28.4. The van der Waals surface area contributed by atoms with E-state index >= 15 is 0 Å². The van der Waals surface area contributed by atoms with Gasteiger partial charge in [0, 0.05) is 48.5 Å². The first-order valence-electron chi connectivity index (χ1n) is 14.6. The highest BCUT2D eigenvalue weighted by Crippen LogP contribution is 2.64. The van der Waals surface area contributed by atoms with Crippen LogP contribution in [0.5, 0.6) is 0 Å². The molecule has 1 heterocycles. The van der Waals surface area contributed by atoms with E-state index in [9.17, 15) is 22.8 Å². The fourth-order valence-corrected chi connectivity index (χ4v) is 10.0. The lowest BCUT2D eigenvalue weighted by atomic mass is 9.70. The van der Waals surface area contributed by atoms with Gasteiger partial charge in [0.25, 0.3) is 5.91 Å². The van der Waals surface area contributed by atoms with Crippen LogP contribution in [-0.4, -0.2) is 61.2 Å². The molecule has 2 amide bonds. The zero-order chi connectivity index (χ0) is 28.0. The lowest BCUT2D eigenvalue weighted by Gasteiger charge is -2.39. The number of piperidine rings is 1. The molecular formula is C30H43N3O5S. The van der Waals surface area contributed by atoms with E-state index in [-0.39, 0.29) is 52.7 Å². The Morgan fingerprint density at radius 3 is 2.21 bits per heavy atom. The molecule has 3 aliphatic carbocycles. The Bertz CT molecular complexity index is 1240. The van der Waals surface area contributed by atoms with Crippen molar-refractivity contribution in [2.24, 2.45) is 22.7 Å². The van der Waals surface area contributed by atoms with Crippen LogP contribution in [0.2, 0.25) is 0 Å². The maximum absolute atomic E-state index is 13.5. The molecule has 1 aromatic carbocycles. The number of Topliss-reactive ketones (excluding diaryl/α,β-unsaturated/α-hetero) is 1. The molecule has 2 N–H and O–H groups in total. The normalized spacial score (nSPS) is 31.3. The number of carbonyl (C=O) groups is 3. The monoisotopic (exact) mass is 557 g/mol. The molecule has 3 saturated carbocycles. The van der Waals surface area contributed by atoms with E-state index in [0.29, 0.717) is 44.3 Å². The van der Waals surface area contributed by atoms with Crippen molar-refractivity contribution in [2.75, 3.05) is 18.8 Å². The third kappa shape index (κ3) is 5.17. The number of fused-ring (bicyclic) bond motifs is 2. The Labute approximate surface area is 232 Å². The fraction of sp³-hybridized carbons (Fsp3) is 0.700.